The van der Waals surface area contributed by atoms with E-state index in [9.17, 15) is 10.2 Å². The highest BCUT2D eigenvalue weighted by Gasteiger charge is 2.42. The fourth-order valence-corrected chi connectivity index (χ4v) is 3.16. The largest absolute Gasteiger partial charge is 0.393 e. The van der Waals surface area contributed by atoms with E-state index < -0.39 is 0 Å². The molecule has 76 valence electrons. The van der Waals surface area contributed by atoms with Crippen LogP contribution in [-0.4, -0.2) is 22.4 Å². The number of fused-ring (bicyclic) bond motifs is 1. The van der Waals surface area contributed by atoms with Gasteiger partial charge < -0.3 is 10.2 Å². The van der Waals surface area contributed by atoms with E-state index in [1.807, 2.05) is 0 Å². The first-order chi connectivity index (χ1) is 6.20. The second-order valence-electron chi connectivity index (χ2n) is 4.88. The maximum absolute atomic E-state index is 9.98. The first-order valence-corrected chi connectivity index (χ1v) is 5.56. The van der Waals surface area contributed by atoms with Gasteiger partial charge in [0.25, 0.3) is 0 Å². The lowest BCUT2D eigenvalue weighted by atomic mass is 9.65. The Labute approximate surface area is 80.0 Å². The molecule has 2 saturated carbocycles. The highest BCUT2D eigenvalue weighted by Crippen LogP contribution is 2.42. The fourth-order valence-electron chi connectivity index (χ4n) is 3.16. The molecule has 0 aromatic carbocycles. The van der Waals surface area contributed by atoms with E-state index in [2.05, 4.69) is 6.92 Å². The van der Waals surface area contributed by atoms with Gasteiger partial charge in [0.2, 0.25) is 0 Å². The maximum Gasteiger partial charge on any atom is 0.0621 e. The van der Waals surface area contributed by atoms with Crippen molar-refractivity contribution in [2.75, 3.05) is 0 Å². The molecule has 2 aliphatic carbocycles. The number of hydrogen-bond acceptors (Lipinski definition) is 2. The lowest BCUT2D eigenvalue weighted by Crippen LogP contribution is -2.46. The van der Waals surface area contributed by atoms with Gasteiger partial charge in [0, 0.05) is 5.92 Å². The molecular weight excluding hydrogens is 164 g/mol. The first kappa shape index (κ1) is 9.47. The SMILES string of the molecule is CC1CCC2CCCC(O)C2C1O. The average molecular weight is 184 g/mol. The summed E-state index contributed by atoms with van der Waals surface area (Å²) >= 11 is 0. The second-order valence-corrected chi connectivity index (χ2v) is 4.88. The molecule has 5 unspecified atom stereocenters. The van der Waals surface area contributed by atoms with Gasteiger partial charge in [-0.2, -0.15) is 0 Å². The van der Waals surface area contributed by atoms with Crippen LogP contribution in [0.25, 0.3) is 0 Å². The van der Waals surface area contributed by atoms with E-state index in [0.29, 0.717) is 11.8 Å². The van der Waals surface area contributed by atoms with Crippen molar-refractivity contribution in [1.82, 2.24) is 0 Å². The molecule has 2 fully saturated rings. The minimum atomic E-state index is -0.256. The zero-order valence-electron chi connectivity index (χ0n) is 8.32. The Morgan fingerprint density at radius 3 is 2.54 bits per heavy atom. The molecular formula is C11H20O2. The molecule has 0 radical (unpaired) electrons. The van der Waals surface area contributed by atoms with Crippen LogP contribution in [0.4, 0.5) is 0 Å². The van der Waals surface area contributed by atoms with Gasteiger partial charge in [0.1, 0.15) is 0 Å². The molecule has 5 atom stereocenters. The van der Waals surface area contributed by atoms with Crippen molar-refractivity contribution in [3.8, 4) is 0 Å². The zero-order valence-corrected chi connectivity index (χ0v) is 8.32. The monoisotopic (exact) mass is 184 g/mol. The summed E-state index contributed by atoms with van der Waals surface area (Å²) in [5, 5.41) is 19.8. The summed E-state index contributed by atoms with van der Waals surface area (Å²) in [6.07, 6.45) is 5.10. The third kappa shape index (κ3) is 1.62. The van der Waals surface area contributed by atoms with Gasteiger partial charge in [0.15, 0.2) is 0 Å². The van der Waals surface area contributed by atoms with Crippen molar-refractivity contribution in [1.29, 1.82) is 0 Å². The molecule has 2 rings (SSSR count). The molecule has 0 aromatic rings. The van der Waals surface area contributed by atoms with E-state index in [-0.39, 0.29) is 18.1 Å². The van der Waals surface area contributed by atoms with Gasteiger partial charge in [-0.3, -0.25) is 0 Å². The van der Waals surface area contributed by atoms with Crippen LogP contribution in [0.1, 0.15) is 39.0 Å². The van der Waals surface area contributed by atoms with Crippen LogP contribution < -0.4 is 0 Å². The Bertz CT molecular complexity index is 179. The third-order valence-electron chi connectivity index (χ3n) is 4.03. The topological polar surface area (TPSA) is 40.5 Å². The molecule has 0 bridgehead atoms. The molecule has 0 heterocycles. The second kappa shape index (κ2) is 3.58. The number of rotatable bonds is 0. The number of aliphatic hydroxyl groups is 2. The van der Waals surface area contributed by atoms with Crippen LogP contribution in [0.2, 0.25) is 0 Å². The van der Waals surface area contributed by atoms with Crippen LogP contribution >= 0.6 is 0 Å². The Kier molecular flexibility index (Phi) is 2.61. The summed E-state index contributed by atoms with van der Waals surface area (Å²) in [6, 6.07) is 0. The highest BCUT2D eigenvalue weighted by molar-refractivity contribution is 4.92. The number of aliphatic hydroxyl groups excluding tert-OH is 2. The molecule has 2 heteroatoms. The van der Waals surface area contributed by atoms with Crippen molar-refractivity contribution in [2.24, 2.45) is 17.8 Å². The summed E-state index contributed by atoms with van der Waals surface area (Å²) in [6.45, 7) is 2.10. The van der Waals surface area contributed by atoms with Crippen LogP contribution in [0.5, 0.6) is 0 Å². The standard InChI is InChI=1S/C11H20O2/c1-7-5-6-8-3-2-4-9(12)10(8)11(7)13/h7-13H,2-6H2,1H3. The molecule has 0 spiro atoms. The third-order valence-corrected chi connectivity index (χ3v) is 4.03. The summed E-state index contributed by atoms with van der Waals surface area (Å²) in [5.41, 5.74) is 0. The van der Waals surface area contributed by atoms with Gasteiger partial charge in [-0.25, -0.2) is 0 Å². The fraction of sp³-hybridized carbons (Fsp3) is 1.00. The molecule has 2 N–H and O–H groups in total. The molecule has 0 saturated heterocycles. The van der Waals surface area contributed by atoms with E-state index in [1.54, 1.807) is 0 Å². The maximum atomic E-state index is 9.98. The van der Waals surface area contributed by atoms with Crippen molar-refractivity contribution >= 4 is 0 Å². The van der Waals surface area contributed by atoms with E-state index in [4.69, 9.17) is 0 Å². The Morgan fingerprint density at radius 1 is 1.00 bits per heavy atom. The van der Waals surface area contributed by atoms with E-state index in [1.165, 1.54) is 12.8 Å². The smallest absolute Gasteiger partial charge is 0.0621 e. The molecule has 0 aromatic heterocycles. The summed E-state index contributed by atoms with van der Waals surface area (Å²) < 4.78 is 0. The predicted octanol–water partition coefficient (Wildman–Crippen LogP) is 1.55. The highest BCUT2D eigenvalue weighted by atomic mass is 16.3. The lowest BCUT2D eigenvalue weighted by molar-refractivity contribution is -0.0894. The minimum Gasteiger partial charge on any atom is -0.393 e. The Morgan fingerprint density at radius 2 is 1.77 bits per heavy atom. The van der Waals surface area contributed by atoms with Gasteiger partial charge in [-0.15, -0.1) is 0 Å². The molecule has 13 heavy (non-hydrogen) atoms. The van der Waals surface area contributed by atoms with Crippen molar-refractivity contribution in [2.45, 2.75) is 51.2 Å². The average Bonchev–Trinajstić information content (AvgIpc) is 2.12. The number of hydrogen-bond donors (Lipinski definition) is 2. The van der Waals surface area contributed by atoms with Crippen molar-refractivity contribution in [3.63, 3.8) is 0 Å². The molecule has 2 nitrogen and oxygen atoms in total. The first-order valence-electron chi connectivity index (χ1n) is 5.56. The van der Waals surface area contributed by atoms with Crippen LogP contribution in [0.15, 0.2) is 0 Å². The summed E-state index contributed by atoms with van der Waals surface area (Å²) in [7, 11) is 0. The minimum absolute atomic E-state index is 0.178. The van der Waals surface area contributed by atoms with Crippen LogP contribution in [0.3, 0.4) is 0 Å². The van der Waals surface area contributed by atoms with Crippen molar-refractivity contribution in [3.05, 3.63) is 0 Å². The normalized spacial score (nSPS) is 51.5. The van der Waals surface area contributed by atoms with Crippen molar-refractivity contribution < 1.29 is 10.2 Å². The van der Waals surface area contributed by atoms with Crippen LogP contribution in [0, 0.1) is 17.8 Å². The molecule has 0 amide bonds. The van der Waals surface area contributed by atoms with E-state index in [0.717, 1.165) is 19.3 Å². The lowest BCUT2D eigenvalue weighted by Gasteiger charge is -2.44. The Balaban J connectivity index is 2.10. The quantitative estimate of drug-likeness (QED) is 0.599. The zero-order chi connectivity index (χ0) is 9.42. The summed E-state index contributed by atoms with van der Waals surface area (Å²) in [4.78, 5) is 0. The van der Waals surface area contributed by atoms with Gasteiger partial charge in [-0.05, 0) is 37.5 Å². The van der Waals surface area contributed by atoms with E-state index >= 15 is 0 Å². The van der Waals surface area contributed by atoms with Gasteiger partial charge in [-0.1, -0.05) is 13.3 Å². The predicted molar refractivity (Wildman–Crippen MR) is 51.2 cm³/mol. The van der Waals surface area contributed by atoms with Gasteiger partial charge in [0.05, 0.1) is 12.2 Å². The Hall–Kier alpha value is -0.0800. The van der Waals surface area contributed by atoms with Crippen LogP contribution in [-0.2, 0) is 0 Å². The van der Waals surface area contributed by atoms with Gasteiger partial charge >= 0.3 is 0 Å². The molecule has 2 aliphatic rings. The molecule has 0 aliphatic heterocycles. The summed E-state index contributed by atoms with van der Waals surface area (Å²) in [5.74, 6) is 1.15.